The second-order valence-corrected chi connectivity index (χ2v) is 24.6. The number of benzene rings is 6. The number of hydrogen-bond donors (Lipinski definition) is 6. The summed E-state index contributed by atoms with van der Waals surface area (Å²) in [6.45, 7) is 17.4. The fourth-order valence-electron chi connectivity index (χ4n) is 11.5. The van der Waals surface area contributed by atoms with Crippen LogP contribution >= 0.6 is 7.60 Å². The molecular formula is C70H87N12Na2O9P. The van der Waals surface area contributed by atoms with E-state index in [1.54, 1.807) is 60.7 Å². The van der Waals surface area contributed by atoms with E-state index < -0.39 is 18.9 Å². The minimum atomic E-state index is -5.71. The number of aromatic nitrogens is 4. The summed E-state index contributed by atoms with van der Waals surface area (Å²) in [4.78, 5) is 88.4. The number of nitrogens with one attached hydrogen (secondary N) is 6. The number of H-pyrrole nitrogens is 4. The molecule has 2 atom stereocenters. The van der Waals surface area contributed by atoms with Gasteiger partial charge >= 0.3 is 59.1 Å². The topological polar surface area (TPSA) is 264 Å². The fraction of sp³-hybridized carbons (Fsp3) is 0.357. The molecule has 2 aromatic heterocycles. The van der Waals surface area contributed by atoms with E-state index in [4.69, 9.17) is 4.52 Å². The van der Waals surface area contributed by atoms with Crippen molar-refractivity contribution < 1.29 is 83.0 Å². The first-order valence-corrected chi connectivity index (χ1v) is 33.2. The number of carboxylic acid groups (broad SMARTS) is 1. The van der Waals surface area contributed by atoms with Gasteiger partial charge in [-0.25, -0.2) is 0 Å². The molecule has 8 rings (SSSR count). The zero-order valence-corrected chi connectivity index (χ0v) is 60.9. The van der Waals surface area contributed by atoms with Crippen molar-refractivity contribution in [2.75, 3.05) is 136 Å². The summed E-state index contributed by atoms with van der Waals surface area (Å²) in [6.07, 6.45) is 8.91. The summed E-state index contributed by atoms with van der Waals surface area (Å²) in [6, 6.07) is 41.7. The number of allylic oxidation sites excluding steroid dienone is 2. The first kappa shape index (κ1) is 76.0. The van der Waals surface area contributed by atoms with Crippen molar-refractivity contribution in [3.63, 3.8) is 0 Å². The van der Waals surface area contributed by atoms with E-state index in [2.05, 4.69) is 103 Å². The van der Waals surface area contributed by atoms with Crippen molar-refractivity contribution >= 4 is 74.5 Å². The van der Waals surface area contributed by atoms with E-state index in [1.165, 1.54) is 0 Å². The predicted octanol–water partition coefficient (Wildman–Crippen LogP) is 2.18. The zero-order valence-electron chi connectivity index (χ0n) is 56.1. The Morgan fingerprint density at radius 2 is 0.819 bits per heavy atom. The molecule has 0 amide bonds. The second kappa shape index (κ2) is 36.2. The van der Waals surface area contributed by atoms with Crippen LogP contribution in [0.5, 0.6) is 0 Å². The number of hydrogen-bond acceptors (Lipinski definition) is 17. The maximum absolute atomic E-state index is 13.7. The number of unbranched alkanes of at least 4 members (excludes halogenated alkanes) is 2. The van der Waals surface area contributed by atoms with Crippen LogP contribution in [0, 0.1) is 0 Å². The van der Waals surface area contributed by atoms with Crippen LogP contribution < -0.4 is 131 Å². The molecule has 2 heterocycles. The Bertz CT molecular complexity index is 4100. The van der Waals surface area contributed by atoms with Crippen LogP contribution in [0.2, 0.25) is 0 Å². The third-order valence-corrected chi connectivity index (χ3v) is 17.8. The van der Waals surface area contributed by atoms with Crippen LogP contribution in [0.1, 0.15) is 75.6 Å². The normalized spacial score (nSPS) is 12.8. The Morgan fingerprint density at radius 3 is 1.19 bits per heavy atom. The molecule has 0 fully saturated rings. The maximum Gasteiger partial charge on any atom is 1.00 e. The van der Waals surface area contributed by atoms with Crippen molar-refractivity contribution in [3.05, 3.63) is 215 Å². The fourth-order valence-corrected chi connectivity index (χ4v) is 12.2. The predicted molar refractivity (Wildman–Crippen MR) is 372 cm³/mol. The van der Waals surface area contributed by atoms with E-state index in [-0.39, 0.29) is 81.4 Å². The van der Waals surface area contributed by atoms with Gasteiger partial charge in [-0.2, -0.15) is 0 Å². The summed E-state index contributed by atoms with van der Waals surface area (Å²) in [5.41, 5.74) is 3.23. The first-order valence-electron chi connectivity index (χ1n) is 31.6. The number of carbonyl (C=O) groups is 1. The van der Waals surface area contributed by atoms with Crippen molar-refractivity contribution in [2.45, 2.75) is 59.0 Å². The molecule has 2 unspecified atom stereocenters. The summed E-state index contributed by atoms with van der Waals surface area (Å²) in [7, 11) is 2.03. The van der Waals surface area contributed by atoms with E-state index in [0.29, 0.717) is 52.3 Å². The Hall–Kier alpha value is -6.98. The second-order valence-electron chi connectivity index (χ2n) is 23.0. The van der Waals surface area contributed by atoms with Gasteiger partial charge in [0.2, 0.25) is 0 Å². The Labute approximate surface area is 594 Å². The van der Waals surface area contributed by atoms with Gasteiger partial charge in [0.1, 0.15) is 11.3 Å². The summed E-state index contributed by atoms with van der Waals surface area (Å²) >= 11 is 0. The van der Waals surface area contributed by atoms with Crippen LogP contribution in [0.3, 0.4) is 0 Å². The SMILES string of the molecule is CCN(CCCCNCCN(CC)c1ccc(/C(=C/C=C/C(OP(=O)([O-])C(=O)[O-])(c2ccc(N(C)C)cc2)c2ccc(N(CC)CCNCCCCN(CC)c3ccc4c(=O)[nH][nH]c(=O)c4c3)cc2)c2ccc(N(C)C)cc2)cc1)c1ccc2c(=O)[nH][nH]c(=O)c2c1.[Na+].[Na+]. The third kappa shape index (κ3) is 19.4. The minimum Gasteiger partial charge on any atom is -0.774 e. The molecule has 6 N–H and O–H groups in total. The largest absolute Gasteiger partial charge is 1.00 e. The van der Waals surface area contributed by atoms with Crippen molar-refractivity contribution in [1.29, 1.82) is 0 Å². The van der Waals surface area contributed by atoms with E-state index in [0.717, 1.165) is 135 Å². The van der Waals surface area contributed by atoms with E-state index >= 15 is 0 Å². The number of aromatic amines is 4. The van der Waals surface area contributed by atoms with Gasteiger partial charge in [-0.3, -0.25) is 39.6 Å². The molecule has 24 heteroatoms. The molecule has 94 heavy (non-hydrogen) atoms. The van der Waals surface area contributed by atoms with Crippen molar-refractivity contribution in [2.24, 2.45) is 0 Å². The van der Waals surface area contributed by atoms with Crippen LogP contribution in [0.4, 0.5) is 38.9 Å². The molecule has 6 aromatic carbocycles. The van der Waals surface area contributed by atoms with Crippen molar-refractivity contribution in [3.8, 4) is 0 Å². The van der Waals surface area contributed by atoms with Gasteiger partial charge in [-0.1, -0.05) is 60.7 Å². The quantitative estimate of drug-likeness (QED) is 0.0144. The molecule has 0 saturated carbocycles. The van der Waals surface area contributed by atoms with E-state index in [1.807, 2.05) is 105 Å². The van der Waals surface area contributed by atoms with Gasteiger partial charge in [0.15, 0.2) is 7.60 Å². The van der Waals surface area contributed by atoms with Crippen LogP contribution in [0.15, 0.2) is 171 Å². The maximum atomic E-state index is 13.7. The van der Waals surface area contributed by atoms with Gasteiger partial charge in [0.05, 0.1) is 21.5 Å². The molecular weight excluding hydrogens is 1230 g/mol. The summed E-state index contributed by atoms with van der Waals surface area (Å²) in [5, 5.41) is 30.7. The van der Waals surface area contributed by atoms with Gasteiger partial charge in [-0.05, 0) is 185 Å². The summed E-state index contributed by atoms with van der Waals surface area (Å²) < 4.78 is 19.7. The number of rotatable bonds is 35. The van der Waals surface area contributed by atoms with Gasteiger partial charge in [0.25, 0.3) is 22.2 Å². The Balaban J connectivity index is 0.00000700. The number of anilines is 6. The third-order valence-electron chi connectivity index (χ3n) is 16.8. The molecule has 0 bridgehead atoms. The standard InChI is InChI=1S/C70H89N12O9P.2Na/c1-9-79(58-35-37-61-63(48-58)67(85)75-73-65(61)83)44-15-13-40-71-42-46-81(11-3)56-29-21-51(22-30-56)60(50-19-27-54(28-20-50)77(5)6)18-17-39-70(91-92(89,90)69(87)88,52-23-31-55(32-24-52)78(7)8)53-25-33-57(34-26-53)82(12-4)47-43-72-41-14-16-45-80(10-2)59-36-38-62-64(49-59)68(86)76-74-66(62)84;;/h17-39,48-49,71-72H,9-16,40-47H2,1-8H3,(H,73,83)(H,74,84)(H,75,85)(H,76,86)(H,87,88)(H,89,90);;/q;2*+1/p-2/b39-17+,60-18+;;. The first-order chi connectivity index (χ1) is 44.3. The van der Waals surface area contributed by atoms with Crippen molar-refractivity contribution in [1.82, 2.24) is 31.0 Å². The molecule has 0 saturated heterocycles. The molecule has 0 aliphatic carbocycles. The molecule has 0 radical (unpaired) electrons. The molecule has 8 aromatic rings. The molecule has 488 valence electrons. The average molecular weight is 1320 g/mol. The monoisotopic (exact) mass is 1320 g/mol. The molecule has 0 aliphatic heterocycles. The van der Waals surface area contributed by atoms with Crippen LogP contribution in [-0.2, 0) is 14.7 Å². The van der Waals surface area contributed by atoms with Crippen LogP contribution in [0.25, 0.3) is 27.1 Å². The smallest absolute Gasteiger partial charge is 0.774 e. The molecule has 0 aliphatic rings. The molecule has 21 nitrogen and oxygen atoms in total. The Morgan fingerprint density at radius 1 is 0.479 bits per heavy atom. The summed E-state index contributed by atoms with van der Waals surface area (Å²) in [5.74, 6) is 0. The number of likely N-dealkylation sites (N-methyl/N-ethyl adjacent to an activating group) is 2. The van der Waals surface area contributed by atoms with Crippen LogP contribution in [-0.4, -0.2) is 133 Å². The van der Waals surface area contributed by atoms with Gasteiger partial charge in [0, 0.05) is 128 Å². The molecule has 0 spiro atoms. The number of nitrogens with zero attached hydrogens (tertiary/aromatic N) is 6. The average Bonchev–Trinajstić information content (AvgIpc) is 0.769. The number of fused-ring (bicyclic) bond motifs is 2. The Kier molecular flexibility index (Phi) is 29.3. The van der Waals surface area contributed by atoms with E-state index in [9.17, 15) is 38.5 Å². The van der Waals surface area contributed by atoms with Gasteiger partial charge < -0.3 is 63.9 Å². The minimum absolute atomic E-state index is 0. The number of carbonyl (C=O) groups excluding carboxylic acids is 1. The van der Waals surface area contributed by atoms with Gasteiger partial charge in [-0.15, -0.1) is 0 Å². The zero-order chi connectivity index (χ0) is 66.0.